The van der Waals surface area contributed by atoms with Crippen LogP contribution in [0.3, 0.4) is 0 Å². The van der Waals surface area contributed by atoms with Crippen LogP contribution in [0.15, 0.2) is 24.3 Å². The molecule has 4 nitrogen and oxygen atoms in total. The van der Waals surface area contributed by atoms with Crippen LogP contribution in [0.5, 0.6) is 5.75 Å². The Hall–Kier alpha value is -1.26. The van der Waals surface area contributed by atoms with Crippen molar-refractivity contribution in [3.05, 3.63) is 24.3 Å². The molecule has 1 saturated heterocycles. The van der Waals surface area contributed by atoms with Crippen LogP contribution >= 0.6 is 0 Å². The van der Waals surface area contributed by atoms with Gasteiger partial charge in [0.1, 0.15) is 5.75 Å². The summed E-state index contributed by atoms with van der Waals surface area (Å²) in [6.45, 7) is 7.81. The van der Waals surface area contributed by atoms with Gasteiger partial charge in [0.05, 0.1) is 7.11 Å². The Labute approximate surface area is 122 Å². The van der Waals surface area contributed by atoms with E-state index in [1.165, 1.54) is 12.1 Å². The number of hydrogen-bond donors (Lipinski definition) is 1. The minimum absolute atomic E-state index is 0.660. The Morgan fingerprint density at radius 1 is 1.25 bits per heavy atom. The molecule has 0 amide bonds. The van der Waals surface area contributed by atoms with Crippen molar-refractivity contribution >= 4 is 5.69 Å². The molecule has 1 atom stereocenters. The van der Waals surface area contributed by atoms with Crippen LogP contribution in [0.25, 0.3) is 0 Å². The topological polar surface area (TPSA) is 27.7 Å². The van der Waals surface area contributed by atoms with Crippen LogP contribution in [0, 0.1) is 0 Å². The second-order valence-corrected chi connectivity index (χ2v) is 5.34. The van der Waals surface area contributed by atoms with Crippen molar-refractivity contribution in [2.75, 3.05) is 51.8 Å². The first-order chi connectivity index (χ1) is 9.78. The van der Waals surface area contributed by atoms with E-state index in [9.17, 15) is 0 Å². The summed E-state index contributed by atoms with van der Waals surface area (Å²) >= 11 is 0. The maximum Gasteiger partial charge on any atom is 0.120 e. The highest BCUT2D eigenvalue weighted by molar-refractivity contribution is 5.51. The highest BCUT2D eigenvalue weighted by atomic mass is 16.5. The number of rotatable bonds is 6. The molecule has 1 heterocycles. The molecule has 1 aliphatic rings. The van der Waals surface area contributed by atoms with E-state index < -0.39 is 0 Å². The second-order valence-electron chi connectivity index (χ2n) is 5.34. The molecular weight excluding hydrogens is 250 g/mol. The smallest absolute Gasteiger partial charge is 0.120 e. The van der Waals surface area contributed by atoms with Gasteiger partial charge >= 0.3 is 0 Å². The van der Waals surface area contributed by atoms with Gasteiger partial charge in [0, 0.05) is 50.5 Å². The number of likely N-dealkylation sites (N-methyl/N-ethyl adjacent to an activating group) is 1. The Kier molecular flexibility index (Phi) is 5.68. The number of benzene rings is 1. The van der Waals surface area contributed by atoms with Crippen LogP contribution in [0.4, 0.5) is 5.69 Å². The normalized spacial score (nSPS) is 18.1. The van der Waals surface area contributed by atoms with Gasteiger partial charge in [-0.05, 0) is 25.6 Å². The largest absolute Gasteiger partial charge is 0.497 e. The second kappa shape index (κ2) is 7.50. The number of piperazine rings is 1. The third kappa shape index (κ3) is 3.64. The van der Waals surface area contributed by atoms with Crippen molar-refractivity contribution in [1.29, 1.82) is 0 Å². The molecular formula is C16H27N3O. The van der Waals surface area contributed by atoms with Gasteiger partial charge in [-0.2, -0.15) is 0 Å². The van der Waals surface area contributed by atoms with Crippen molar-refractivity contribution in [3.63, 3.8) is 0 Å². The highest BCUT2D eigenvalue weighted by Gasteiger charge is 2.22. The standard InChI is InChI=1S/C16H27N3O/c1-4-14(13-17-2)18-8-10-19(11-9-18)15-6-5-7-16(12-15)20-3/h5-7,12,14,17H,4,8-11,13H2,1-3H3. The quantitative estimate of drug-likeness (QED) is 0.858. The lowest BCUT2D eigenvalue weighted by molar-refractivity contribution is 0.178. The number of anilines is 1. The summed E-state index contributed by atoms with van der Waals surface area (Å²) in [6, 6.07) is 9.02. The Bertz CT molecular complexity index is 402. The lowest BCUT2D eigenvalue weighted by Gasteiger charge is -2.40. The molecule has 1 fully saturated rings. The molecule has 0 aliphatic carbocycles. The van der Waals surface area contributed by atoms with Crippen molar-refractivity contribution in [3.8, 4) is 5.75 Å². The molecule has 20 heavy (non-hydrogen) atoms. The molecule has 1 aromatic rings. The van der Waals surface area contributed by atoms with Gasteiger partial charge < -0.3 is 15.0 Å². The summed E-state index contributed by atoms with van der Waals surface area (Å²) in [5.74, 6) is 0.937. The molecule has 0 bridgehead atoms. The predicted molar refractivity (Wildman–Crippen MR) is 84.8 cm³/mol. The maximum atomic E-state index is 5.31. The fraction of sp³-hybridized carbons (Fsp3) is 0.625. The van der Waals surface area contributed by atoms with Crippen molar-refractivity contribution in [1.82, 2.24) is 10.2 Å². The molecule has 0 aromatic heterocycles. The average Bonchev–Trinajstić information content (AvgIpc) is 2.53. The number of hydrogen-bond acceptors (Lipinski definition) is 4. The number of ether oxygens (including phenoxy) is 1. The first-order valence-corrected chi connectivity index (χ1v) is 7.56. The maximum absolute atomic E-state index is 5.31. The van der Waals surface area contributed by atoms with Gasteiger partial charge in [-0.15, -0.1) is 0 Å². The van der Waals surface area contributed by atoms with Crippen LogP contribution in [0.1, 0.15) is 13.3 Å². The fourth-order valence-corrected chi connectivity index (χ4v) is 2.92. The molecule has 1 N–H and O–H groups in total. The average molecular weight is 277 g/mol. The molecule has 1 aromatic carbocycles. The third-order valence-corrected chi connectivity index (χ3v) is 4.16. The monoisotopic (exact) mass is 277 g/mol. The predicted octanol–water partition coefficient (Wildman–Crippen LogP) is 1.82. The van der Waals surface area contributed by atoms with Crippen LogP contribution in [0.2, 0.25) is 0 Å². The zero-order valence-electron chi connectivity index (χ0n) is 12.9. The Balaban J connectivity index is 1.93. The van der Waals surface area contributed by atoms with E-state index in [0.717, 1.165) is 38.5 Å². The van der Waals surface area contributed by atoms with E-state index in [1.54, 1.807) is 7.11 Å². The van der Waals surface area contributed by atoms with Gasteiger partial charge in [0.25, 0.3) is 0 Å². The highest BCUT2D eigenvalue weighted by Crippen LogP contribution is 2.22. The van der Waals surface area contributed by atoms with E-state index in [-0.39, 0.29) is 0 Å². The van der Waals surface area contributed by atoms with Gasteiger partial charge in [-0.1, -0.05) is 13.0 Å². The molecule has 1 unspecified atom stereocenters. The van der Waals surface area contributed by atoms with E-state index in [1.807, 2.05) is 13.1 Å². The lowest BCUT2D eigenvalue weighted by Crippen LogP contribution is -2.52. The van der Waals surface area contributed by atoms with Crippen molar-refractivity contribution in [2.24, 2.45) is 0 Å². The zero-order valence-corrected chi connectivity index (χ0v) is 12.9. The third-order valence-electron chi connectivity index (χ3n) is 4.16. The molecule has 1 aliphatic heterocycles. The van der Waals surface area contributed by atoms with Gasteiger partial charge in [-0.3, -0.25) is 4.90 Å². The van der Waals surface area contributed by atoms with E-state index >= 15 is 0 Å². The summed E-state index contributed by atoms with van der Waals surface area (Å²) in [6.07, 6.45) is 1.21. The first-order valence-electron chi connectivity index (χ1n) is 7.56. The summed E-state index contributed by atoms with van der Waals surface area (Å²) in [7, 11) is 3.76. The summed E-state index contributed by atoms with van der Waals surface area (Å²) in [5, 5.41) is 3.30. The minimum atomic E-state index is 0.660. The molecule has 0 saturated carbocycles. The lowest BCUT2D eigenvalue weighted by atomic mass is 10.1. The van der Waals surface area contributed by atoms with Crippen LogP contribution in [-0.4, -0.2) is 57.8 Å². The van der Waals surface area contributed by atoms with E-state index in [2.05, 4.69) is 40.2 Å². The zero-order chi connectivity index (χ0) is 14.4. The number of nitrogens with zero attached hydrogens (tertiary/aromatic N) is 2. The van der Waals surface area contributed by atoms with Crippen LogP contribution < -0.4 is 15.0 Å². The number of methoxy groups -OCH3 is 1. The Morgan fingerprint density at radius 2 is 2.00 bits per heavy atom. The minimum Gasteiger partial charge on any atom is -0.497 e. The molecule has 0 spiro atoms. The summed E-state index contributed by atoms with van der Waals surface area (Å²) in [5.41, 5.74) is 1.27. The number of nitrogens with one attached hydrogen (secondary N) is 1. The summed E-state index contributed by atoms with van der Waals surface area (Å²) < 4.78 is 5.31. The van der Waals surface area contributed by atoms with E-state index in [4.69, 9.17) is 4.74 Å². The van der Waals surface area contributed by atoms with Gasteiger partial charge in [0.15, 0.2) is 0 Å². The van der Waals surface area contributed by atoms with Crippen LogP contribution in [-0.2, 0) is 0 Å². The van der Waals surface area contributed by atoms with Crippen molar-refractivity contribution < 1.29 is 4.74 Å². The SMILES string of the molecule is CCC(CNC)N1CCN(c2cccc(OC)c2)CC1. The van der Waals surface area contributed by atoms with E-state index in [0.29, 0.717) is 6.04 Å². The Morgan fingerprint density at radius 3 is 2.60 bits per heavy atom. The summed E-state index contributed by atoms with van der Waals surface area (Å²) in [4.78, 5) is 5.05. The van der Waals surface area contributed by atoms with Gasteiger partial charge in [-0.25, -0.2) is 0 Å². The first kappa shape index (κ1) is 15.1. The van der Waals surface area contributed by atoms with Gasteiger partial charge in [0.2, 0.25) is 0 Å². The molecule has 0 radical (unpaired) electrons. The molecule has 112 valence electrons. The molecule has 2 rings (SSSR count). The molecule has 4 heteroatoms. The van der Waals surface area contributed by atoms with Crippen molar-refractivity contribution in [2.45, 2.75) is 19.4 Å². The fourth-order valence-electron chi connectivity index (χ4n) is 2.92.